The molecule has 0 aliphatic heterocycles. The zero-order chi connectivity index (χ0) is 16.6. The minimum atomic E-state index is -0.888. The molecule has 0 fully saturated rings. The van der Waals surface area contributed by atoms with E-state index in [1.165, 1.54) is 0 Å². The summed E-state index contributed by atoms with van der Waals surface area (Å²) in [6.45, 7) is 9.49. The first-order chi connectivity index (χ1) is 10.2. The molecule has 0 aliphatic carbocycles. The molecule has 0 amide bonds. The molecule has 0 bridgehead atoms. The molecule has 0 aromatic heterocycles. The van der Waals surface area contributed by atoms with Gasteiger partial charge in [-0.05, 0) is 80.0 Å². The SMILES string of the molecule is Cc1cc(Cc2c(C)ccc(C)c2C(=O)O)c(C)c(C)c1O. The van der Waals surface area contributed by atoms with E-state index in [0.717, 1.165) is 38.9 Å². The van der Waals surface area contributed by atoms with Gasteiger partial charge in [-0.3, -0.25) is 0 Å². The van der Waals surface area contributed by atoms with Gasteiger partial charge in [0, 0.05) is 0 Å². The summed E-state index contributed by atoms with van der Waals surface area (Å²) in [6, 6.07) is 5.76. The lowest BCUT2D eigenvalue weighted by Gasteiger charge is -2.17. The number of carboxylic acid groups (broad SMARTS) is 1. The molecule has 0 spiro atoms. The first kappa shape index (κ1) is 16.1. The Kier molecular flexibility index (Phi) is 4.27. The highest BCUT2D eigenvalue weighted by molar-refractivity contribution is 5.91. The normalized spacial score (nSPS) is 10.8. The molecule has 3 nitrogen and oxygen atoms in total. The van der Waals surface area contributed by atoms with Crippen molar-refractivity contribution in [2.75, 3.05) is 0 Å². The van der Waals surface area contributed by atoms with Gasteiger partial charge in [-0.1, -0.05) is 18.2 Å². The second kappa shape index (κ2) is 5.84. The first-order valence-electron chi connectivity index (χ1n) is 7.35. The van der Waals surface area contributed by atoms with Crippen LogP contribution in [0.3, 0.4) is 0 Å². The zero-order valence-corrected chi connectivity index (χ0v) is 13.7. The van der Waals surface area contributed by atoms with Crippen molar-refractivity contribution in [1.82, 2.24) is 0 Å². The third-order valence-electron chi connectivity index (χ3n) is 4.50. The maximum absolute atomic E-state index is 11.6. The maximum atomic E-state index is 11.6. The van der Waals surface area contributed by atoms with E-state index in [1.807, 2.05) is 52.8 Å². The van der Waals surface area contributed by atoms with Crippen molar-refractivity contribution < 1.29 is 15.0 Å². The lowest BCUT2D eigenvalue weighted by atomic mass is 9.88. The van der Waals surface area contributed by atoms with Gasteiger partial charge in [-0.25, -0.2) is 4.79 Å². The zero-order valence-electron chi connectivity index (χ0n) is 13.7. The molecule has 2 N–H and O–H groups in total. The number of hydrogen-bond donors (Lipinski definition) is 2. The largest absolute Gasteiger partial charge is 0.507 e. The lowest BCUT2D eigenvalue weighted by Crippen LogP contribution is -2.09. The number of aromatic carboxylic acids is 1. The third-order valence-corrected chi connectivity index (χ3v) is 4.50. The molecule has 116 valence electrons. The minimum absolute atomic E-state index is 0.320. The van der Waals surface area contributed by atoms with E-state index in [4.69, 9.17) is 0 Å². The summed E-state index contributed by atoms with van der Waals surface area (Å²) in [7, 11) is 0. The Morgan fingerprint density at radius 1 is 0.955 bits per heavy atom. The van der Waals surface area contributed by atoms with Crippen molar-refractivity contribution in [2.45, 2.75) is 41.0 Å². The van der Waals surface area contributed by atoms with Gasteiger partial charge in [-0.15, -0.1) is 0 Å². The van der Waals surface area contributed by atoms with Gasteiger partial charge < -0.3 is 10.2 Å². The van der Waals surface area contributed by atoms with Crippen LogP contribution in [-0.4, -0.2) is 16.2 Å². The van der Waals surface area contributed by atoms with Crippen LogP contribution in [0.1, 0.15) is 49.3 Å². The molecule has 0 atom stereocenters. The lowest BCUT2D eigenvalue weighted by molar-refractivity contribution is 0.0695. The predicted octanol–water partition coefficient (Wildman–Crippen LogP) is 4.22. The van der Waals surface area contributed by atoms with E-state index in [0.29, 0.717) is 17.7 Å². The van der Waals surface area contributed by atoms with Gasteiger partial charge in [0.05, 0.1) is 5.56 Å². The molecule has 0 saturated heterocycles. The fourth-order valence-corrected chi connectivity index (χ4v) is 2.92. The van der Waals surface area contributed by atoms with Gasteiger partial charge in [0.15, 0.2) is 0 Å². The molecule has 2 aromatic rings. The van der Waals surface area contributed by atoms with E-state index in [1.54, 1.807) is 0 Å². The molecule has 3 heteroatoms. The van der Waals surface area contributed by atoms with Crippen LogP contribution >= 0.6 is 0 Å². The highest BCUT2D eigenvalue weighted by Crippen LogP contribution is 2.30. The number of hydrogen-bond acceptors (Lipinski definition) is 2. The van der Waals surface area contributed by atoms with Crippen molar-refractivity contribution in [3.05, 3.63) is 62.7 Å². The monoisotopic (exact) mass is 298 g/mol. The van der Waals surface area contributed by atoms with Gasteiger partial charge >= 0.3 is 5.97 Å². The van der Waals surface area contributed by atoms with Crippen molar-refractivity contribution in [3.8, 4) is 5.75 Å². The smallest absolute Gasteiger partial charge is 0.336 e. The molecule has 2 aromatic carbocycles. The molecule has 2 rings (SSSR count). The highest BCUT2D eigenvalue weighted by atomic mass is 16.4. The van der Waals surface area contributed by atoms with Crippen molar-refractivity contribution in [1.29, 1.82) is 0 Å². The Morgan fingerprint density at radius 2 is 1.55 bits per heavy atom. The number of phenolic OH excluding ortho intramolecular Hbond substituents is 1. The quantitative estimate of drug-likeness (QED) is 0.891. The molecular weight excluding hydrogens is 276 g/mol. The Balaban J connectivity index is 2.62. The van der Waals surface area contributed by atoms with E-state index < -0.39 is 5.97 Å². The van der Waals surface area contributed by atoms with E-state index in [-0.39, 0.29) is 0 Å². The van der Waals surface area contributed by atoms with Crippen LogP contribution in [0.5, 0.6) is 5.75 Å². The highest BCUT2D eigenvalue weighted by Gasteiger charge is 2.18. The topological polar surface area (TPSA) is 57.5 Å². The summed E-state index contributed by atoms with van der Waals surface area (Å²) >= 11 is 0. The Morgan fingerprint density at radius 3 is 2.14 bits per heavy atom. The van der Waals surface area contributed by atoms with Crippen LogP contribution in [0.25, 0.3) is 0 Å². The number of phenols is 1. The number of aryl methyl sites for hydroxylation is 3. The van der Waals surface area contributed by atoms with Gasteiger partial charge in [-0.2, -0.15) is 0 Å². The molecule has 0 saturated carbocycles. The number of carboxylic acids is 1. The van der Waals surface area contributed by atoms with Gasteiger partial charge in [0.1, 0.15) is 5.75 Å². The maximum Gasteiger partial charge on any atom is 0.336 e. The summed E-state index contributed by atoms with van der Waals surface area (Å²) in [5.74, 6) is -0.568. The third kappa shape index (κ3) is 2.71. The fraction of sp³-hybridized carbons (Fsp3) is 0.316. The van der Waals surface area contributed by atoms with Crippen LogP contribution in [-0.2, 0) is 6.42 Å². The molecule has 22 heavy (non-hydrogen) atoms. The first-order valence-corrected chi connectivity index (χ1v) is 7.35. The van der Waals surface area contributed by atoms with Crippen molar-refractivity contribution in [2.24, 2.45) is 0 Å². The van der Waals surface area contributed by atoms with Crippen LogP contribution in [0.2, 0.25) is 0 Å². The molecule has 0 unspecified atom stereocenters. The summed E-state index contributed by atoms with van der Waals surface area (Å²) in [5, 5.41) is 19.6. The van der Waals surface area contributed by atoms with E-state index >= 15 is 0 Å². The van der Waals surface area contributed by atoms with E-state index in [2.05, 4.69) is 0 Å². The summed E-state index contributed by atoms with van der Waals surface area (Å²) < 4.78 is 0. The standard InChI is InChI=1S/C19H22O3/c1-10-6-7-11(2)17(19(21)22)16(10)9-15-8-12(3)18(20)14(5)13(15)4/h6-8,20H,9H2,1-5H3,(H,21,22). The average Bonchev–Trinajstić information content (AvgIpc) is 2.45. The van der Waals surface area contributed by atoms with Crippen LogP contribution in [0.15, 0.2) is 18.2 Å². The number of aromatic hydroxyl groups is 1. The number of carbonyl (C=O) groups is 1. The summed E-state index contributed by atoms with van der Waals surface area (Å²) in [4.78, 5) is 11.6. The molecule has 0 aliphatic rings. The second-order valence-corrected chi connectivity index (χ2v) is 5.99. The van der Waals surface area contributed by atoms with Crippen molar-refractivity contribution >= 4 is 5.97 Å². The van der Waals surface area contributed by atoms with Crippen molar-refractivity contribution in [3.63, 3.8) is 0 Å². The predicted molar refractivity (Wildman–Crippen MR) is 88.0 cm³/mol. The van der Waals surface area contributed by atoms with Crippen LogP contribution in [0, 0.1) is 34.6 Å². The number of benzene rings is 2. The second-order valence-electron chi connectivity index (χ2n) is 5.99. The summed E-state index contributed by atoms with van der Waals surface area (Å²) in [6.07, 6.45) is 0.558. The number of rotatable bonds is 3. The Labute approximate surface area is 131 Å². The Bertz CT molecular complexity index is 758. The van der Waals surface area contributed by atoms with E-state index in [9.17, 15) is 15.0 Å². The minimum Gasteiger partial charge on any atom is -0.507 e. The molecule has 0 radical (unpaired) electrons. The van der Waals surface area contributed by atoms with Gasteiger partial charge in [0.25, 0.3) is 0 Å². The molecular formula is C19H22O3. The Hall–Kier alpha value is -2.29. The fourth-order valence-electron chi connectivity index (χ4n) is 2.92. The van der Waals surface area contributed by atoms with Crippen LogP contribution < -0.4 is 0 Å². The molecule has 0 heterocycles. The average molecular weight is 298 g/mol. The summed E-state index contributed by atoms with van der Waals surface area (Å²) in [5.41, 5.74) is 6.74. The van der Waals surface area contributed by atoms with Crippen LogP contribution in [0.4, 0.5) is 0 Å². The van der Waals surface area contributed by atoms with Gasteiger partial charge in [0.2, 0.25) is 0 Å².